The summed E-state index contributed by atoms with van der Waals surface area (Å²) < 4.78 is 4.93. The van der Waals surface area contributed by atoms with Gasteiger partial charge in [0, 0.05) is 11.8 Å². The SMILES string of the molecule is N#Cc1cccc(NCc2ccno2)c1. The van der Waals surface area contributed by atoms with E-state index in [-0.39, 0.29) is 0 Å². The fourth-order valence-corrected chi connectivity index (χ4v) is 1.22. The van der Waals surface area contributed by atoms with Crippen LogP contribution in [0.25, 0.3) is 0 Å². The van der Waals surface area contributed by atoms with Crippen LogP contribution in [-0.2, 0) is 6.54 Å². The highest BCUT2D eigenvalue weighted by molar-refractivity contribution is 5.49. The molecule has 0 amide bonds. The number of anilines is 1. The Morgan fingerprint density at radius 2 is 2.33 bits per heavy atom. The molecule has 2 aromatic rings. The standard InChI is InChI=1S/C11H9N3O/c12-7-9-2-1-3-10(6-9)13-8-11-4-5-14-15-11/h1-6,13H,8H2. The first-order valence-electron chi connectivity index (χ1n) is 4.52. The lowest BCUT2D eigenvalue weighted by Crippen LogP contribution is -1.97. The van der Waals surface area contributed by atoms with E-state index in [9.17, 15) is 0 Å². The number of hydrogen-bond donors (Lipinski definition) is 1. The molecular formula is C11H9N3O. The number of benzene rings is 1. The van der Waals surface area contributed by atoms with Gasteiger partial charge in [0.05, 0.1) is 24.4 Å². The third-order valence-corrected chi connectivity index (χ3v) is 1.95. The topological polar surface area (TPSA) is 61.9 Å². The fraction of sp³-hybridized carbons (Fsp3) is 0.0909. The van der Waals surface area contributed by atoms with Crippen LogP contribution in [0.2, 0.25) is 0 Å². The van der Waals surface area contributed by atoms with Crippen LogP contribution < -0.4 is 5.32 Å². The highest BCUT2D eigenvalue weighted by Crippen LogP contribution is 2.11. The van der Waals surface area contributed by atoms with Gasteiger partial charge in [-0.15, -0.1) is 0 Å². The number of hydrogen-bond acceptors (Lipinski definition) is 4. The van der Waals surface area contributed by atoms with Gasteiger partial charge < -0.3 is 9.84 Å². The Bertz CT molecular complexity index is 471. The van der Waals surface area contributed by atoms with Crippen molar-refractivity contribution >= 4 is 5.69 Å². The van der Waals surface area contributed by atoms with Crippen LogP contribution in [0.15, 0.2) is 41.1 Å². The smallest absolute Gasteiger partial charge is 0.155 e. The van der Waals surface area contributed by atoms with Crippen LogP contribution in [0.5, 0.6) is 0 Å². The second-order valence-corrected chi connectivity index (χ2v) is 3.02. The quantitative estimate of drug-likeness (QED) is 0.822. The van der Waals surface area contributed by atoms with E-state index in [2.05, 4.69) is 16.5 Å². The molecular weight excluding hydrogens is 190 g/mol. The zero-order valence-electron chi connectivity index (χ0n) is 7.97. The van der Waals surface area contributed by atoms with E-state index in [1.807, 2.05) is 12.1 Å². The number of aromatic nitrogens is 1. The van der Waals surface area contributed by atoms with Crippen molar-refractivity contribution < 1.29 is 4.52 Å². The molecule has 1 aromatic carbocycles. The molecule has 1 aromatic heterocycles. The number of nitriles is 1. The first-order valence-corrected chi connectivity index (χ1v) is 4.52. The van der Waals surface area contributed by atoms with E-state index >= 15 is 0 Å². The lowest BCUT2D eigenvalue weighted by atomic mass is 10.2. The highest BCUT2D eigenvalue weighted by atomic mass is 16.5. The molecule has 0 aliphatic rings. The fourth-order valence-electron chi connectivity index (χ4n) is 1.22. The molecule has 0 fully saturated rings. The minimum Gasteiger partial charge on any atom is -0.378 e. The van der Waals surface area contributed by atoms with Crippen molar-refractivity contribution in [1.82, 2.24) is 5.16 Å². The summed E-state index contributed by atoms with van der Waals surface area (Å²) in [5.74, 6) is 0.761. The Hall–Kier alpha value is -2.28. The van der Waals surface area contributed by atoms with Gasteiger partial charge in [-0.05, 0) is 18.2 Å². The van der Waals surface area contributed by atoms with E-state index in [1.165, 1.54) is 0 Å². The Balaban J connectivity index is 2.02. The molecule has 4 heteroatoms. The summed E-state index contributed by atoms with van der Waals surface area (Å²) in [6, 6.07) is 11.2. The summed E-state index contributed by atoms with van der Waals surface area (Å²) in [6.07, 6.45) is 1.60. The van der Waals surface area contributed by atoms with E-state index in [0.29, 0.717) is 12.1 Å². The number of nitrogens with zero attached hydrogens (tertiary/aromatic N) is 2. The molecule has 0 radical (unpaired) electrons. The molecule has 0 aliphatic carbocycles. The van der Waals surface area contributed by atoms with Crippen LogP contribution in [0.4, 0.5) is 5.69 Å². The van der Waals surface area contributed by atoms with Crippen LogP contribution in [0.1, 0.15) is 11.3 Å². The van der Waals surface area contributed by atoms with E-state index in [1.54, 1.807) is 24.4 Å². The molecule has 0 saturated heterocycles. The average molecular weight is 199 g/mol. The normalized spacial score (nSPS) is 9.53. The van der Waals surface area contributed by atoms with Gasteiger partial charge in [-0.2, -0.15) is 5.26 Å². The van der Waals surface area contributed by atoms with Gasteiger partial charge >= 0.3 is 0 Å². The van der Waals surface area contributed by atoms with Crippen LogP contribution in [0.3, 0.4) is 0 Å². The molecule has 4 nitrogen and oxygen atoms in total. The Morgan fingerprint density at radius 3 is 3.07 bits per heavy atom. The largest absolute Gasteiger partial charge is 0.378 e. The molecule has 0 bridgehead atoms. The van der Waals surface area contributed by atoms with Crippen molar-refractivity contribution in [2.45, 2.75) is 6.54 Å². The van der Waals surface area contributed by atoms with E-state index in [0.717, 1.165) is 11.4 Å². The average Bonchev–Trinajstić information content (AvgIpc) is 2.79. The molecule has 15 heavy (non-hydrogen) atoms. The van der Waals surface area contributed by atoms with Crippen LogP contribution >= 0.6 is 0 Å². The maximum atomic E-state index is 8.71. The monoisotopic (exact) mass is 199 g/mol. The second kappa shape index (κ2) is 4.29. The lowest BCUT2D eigenvalue weighted by Gasteiger charge is -2.03. The lowest BCUT2D eigenvalue weighted by molar-refractivity contribution is 0.388. The molecule has 0 unspecified atom stereocenters. The molecule has 0 aliphatic heterocycles. The molecule has 2 rings (SSSR count). The zero-order chi connectivity index (χ0) is 10.5. The maximum absolute atomic E-state index is 8.71. The maximum Gasteiger partial charge on any atom is 0.155 e. The van der Waals surface area contributed by atoms with Crippen molar-refractivity contribution in [3.05, 3.63) is 47.9 Å². The summed E-state index contributed by atoms with van der Waals surface area (Å²) >= 11 is 0. The second-order valence-electron chi connectivity index (χ2n) is 3.02. The van der Waals surface area contributed by atoms with E-state index in [4.69, 9.17) is 9.78 Å². The predicted molar refractivity (Wildman–Crippen MR) is 55.0 cm³/mol. The Labute approximate surface area is 87.1 Å². The summed E-state index contributed by atoms with van der Waals surface area (Å²) in [5.41, 5.74) is 1.53. The van der Waals surface area contributed by atoms with Crippen molar-refractivity contribution in [1.29, 1.82) is 5.26 Å². The molecule has 0 spiro atoms. The van der Waals surface area contributed by atoms with Crippen molar-refractivity contribution in [3.63, 3.8) is 0 Å². The Kier molecular flexibility index (Phi) is 2.65. The molecule has 74 valence electrons. The van der Waals surface area contributed by atoms with Crippen molar-refractivity contribution in [3.8, 4) is 6.07 Å². The first kappa shape index (κ1) is 9.28. The van der Waals surface area contributed by atoms with Gasteiger partial charge in [0.25, 0.3) is 0 Å². The first-order chi connectivity index (χ1) is 7.38. The number of rotatable bonds is 3. The third kappa shape index (κ3) is 2.35. The predicted octanol–water partition coefficient (Wildman–Crippen LogP) is 2.16. The molecule has 0 saturated carbocycles. The molecule has 1 N–H and O–H groups in total. The van der Waals surface area contributed by atoms with Crippen LogP contribution in [0, 0.1) is 11.3 Å². The minimum absolute atomic E-state index is 0.564. The Morgan fingerprint density at radius 1 is 1.40 bits per heavy atom. The van der Waals surface area contributed by atoms with Gasteiger partial charge in [-0.1, -0.05) is 11.2 Å². The molecule has 0 atom stereocenters. The van der Waals surface area contributed by atoms with Gasteiger partial charge in [0.2, 0.25) is 0 Å². The number of nitrogens with one attached hydrogen (secondary N) is 1. The summed E-state index contributed by atoms with van der Waals surface area (Å²) in [7, 11) is 0. The summed E-state index contributed by atoms with van der Waals surface area (Å²) in [6.45, 7) is 0.564. The van der Waals surface area contributed by atoms with Crippen molar-refractivity contribution in [2.75, 3.05) is 5.32 Å². The summed E-state index contributed by atoms with van der Waals surface area (Å²) in [4.78, 5) is 0. The summed E-state index contributed by atoms with van der Waals surface area (Å²) in [5, 5.41) is 15.4. The molecule has 1 heterocycles. The zero-order valence-corrected chi connectivity index (χ0v) is 7.97. The highest BCUT2D eigenvalue weighted by Gasteiger charge is 1.97. The van der Waals surface area contributed by atoms with Gasteiger partial charge in [-0.3, -0.25) is 0 Å². The minimum atomic E-state index is 0.564. The van der Waals surface area contributed by atoms with Gasteiger partial charge in [-0.25, -0.2) is 0 Å². The van der Waals surface area contributed by atoms with E-state index < -0.39 is 0 Å². The van der Waals surface area contributed by atoms with Crippen LogP contribution in [-0.4, -0.2) is 5.16 Å². The van der Waals surface area contributed by atoms with Gasteiger partial charge in [0.1, 0.15) is 0 Å². The third-order valence-electron chi connectivity index (χ3n) is 1.95. The van der Waals surface area contributed by atoms with Crippen molar-refractivity contribution in [2.24, 2.45) is 0 Å². The van der Waals surface area contributed by atoms with Gasteiger partial charge in [0.15, 0.2) is 5.76 Å².